The highest BCUT2D eigenvalue weighted by Crippen LogP contribution is 2.12. The molecule has 0 spiro atoms. The molecule has 104 valence electrons. The molecule has 19 heavy (non-hydrogen) atoms. The van der Waals surface area contributed by atoms with Gasteiger partial charge < -0.3 is 14.2 Å². The molecule has 4 nitrogen and oxygen atoms in total. The van der Waals surface area contributed by atoms with Crippen molar-refractivity contribution >= 4 is 5.97 Å². The molecular weight excluding hydrogens is 244 g/mol. The summed E-state index contributed by atoms with van der Waals surface area (Å²) in [7, 11) is 0. The van der Waals surface area contributed by atoms with Gasteiger partial charge in [0.2, 0.25) is 0 Å². The van der Waals surface area contributed by atoms with Crippen LogP contribution >= 0.6 is 0 Å². The van der Waals surface area contributed by atoms with E-state index in [0.29, 0.717) is 26.1 Å². The molecule has 0 N–H and O–H groups in total. The van der Waals surface area contributed by atoms with Gasteiger partial charge in [0.15, 0.2) is 0 Å². The van der Waals surface area contributed by atoms with Gasteiger partial charge in [-0.05, 0) is 31.4 Å². The highest BCUT2D eigenvalue weighted by atomic mass is 16.6. The topological polar surface area (TPSA) is 44.8 Å². The third kappa shape index (κ3) is 5.30. The molecule has 1 unspecified atom stereocenters. The molecule has 0 bridgehead atoms. The molecule has 1 fully saturated rings. The summed E-state index contributed by atoms with van der Waals surface area (Å²) in [6.45, 7) is 1.70. The second kappa shape index (κ2) is 7.79. The highest BCUT2D eigenvalue weighted by Gasteiger charge is 2.17. The second-order valence-electron chi connectivity index (χ2n) is 4.58. The maximum Gasteiger partial charge on any atom is 0.306 e. The van der Waals surface area contributed by atoms with Crippen molar-refractivity contribution in [1.29, 1.82) is 0 Å². The maximum atomic E-state index is 11.5. The van der Waals surface area contributed by atoms with Gasteiger partial charge >= 0.3 is 5.97 Å². The Balaban J connectivity index is 1.51. The number of rotatable bonds is 7. The predicted octanol–water partition coefficient (Wildman–Crippen LogP) is 2.57. The Morgan fingerprint density at radius 3 is 2.89 bits per heavy atom. The summed E-state index contributed by atoms with van der Waals surface area (Å²) in [5.41, 5.74) is 0. The van der Waals surface area contributed by atoms with Crippen LogP contribution in [0.5, 0.6) is 5.75 Å². The lowest BCUT2D eigenvalue weighted by Gasteiger charge is -2.10. The summed E-state index contributed by atoms with van der Waals surface area (Å²) in [5, 5.41) is 0. The van der Waals surface area contributed by atoms with Gasteiger partial charge in [0.25, 0.3) is 0 Å². The average Bonchev–Trinajstić information content (AvgIpc) is 2.96. The van der Waals surface area contributed by atoms with Crippen molar-refractivity contribution in [1.82, 2.24) is 0 Å². The molecule has 4 heteroatoms. The van der Waals surface area contributed by atoms with Crippen molar-refractivity contribution in [3.63, 3.8) is 0 Å². The summed E-state index contributed by atoms with van der Waals surface area (Å²) in [6.07, 6.45) is 3.21. The molecule has 1 heterocycles. The molecule has 0 radical (unpaired) electrons. The first-order chi connectivity index (χ1) is 9.34. The number of hydrogen-bond donors (Lipinski definition) is 0. The molecule has 1 aromatic rings. The van der Waals surface area contributed by atoms with Crippen LogP contribution in [0.4, 0.5) is 0 Å². The van der Waals surface area contributed by atoms with Gasteiger partial charge in [-0.15, -0.1) is 0 Å². The van der Waals surface area contributed by atoms with Crippen LogP contribution in [0.2, 0.25) is 0 Å². The SMILES string of the molecule is O=C(CCCOc1ccccc1)OCC1CCCO1. The average molecular weight is 264 g/mol. The Morgan fingerprint density at radius 2 is 2.16 bits per heavy atom. The molecule has 1 atom stereocenters. The first-order valence-electron chi connectivity index (χ1n) is 6.79. The first kappa shape index (κ1) is 13.9. The van der Waals surface area contributed by atoms with E-state index < -0.39 is 0 Å². The largest absolute Gasteiger partial charge is 0.494 e. The van der Waals surface area contributed by atoms with Gasteiger partial charge in [-0.2, -0.15) is 0 Å². The molecule has 1 saturated heterocycles. The summed E-state index contributed by atoms with van der Waals surface area (Å²) < 4.78 is 16.0. The Morgan fingerprint density at radius 1 is 1.32 bits per heavy atom. The standard InChI is InChI=1S/C15H20O4/c16-15(19-12-14-8-4-10-18-14)9-5-11-17-13-6-2-1-3-7-13/h1-3,6-7,14H,4-5,8-12H2. The third-order valence-corrected chi connectivity index (χ3v) is 2.99. The molecule has 0 saturated carbocycles. The fraction of sp³-hybridized carbons (Fsp3) is 0.533. The van der Waals surface area contributed by atoms with Crippen molar-refractivity contribution in [2.75, 3.05) is 19.8 Å². The zero-order valence-corrected chi connectivity index (χ0v) is 11.0. The minimum Gasteiger partial charge on any atom is -0.494 e. The Hall–Kier alpha value is -1.55. The van der Waals surface area contributed by atoms with E-state index in [1.807, 2.05) is 30.3 Å². The molecule has 1 aliphatic rings. The minimum absolute atomic E-state index is 0.101. The number of carbonyl (C=O) groups is 1. The number of hydrogen-bond acceptors (Lipinski definition) is 4. The van der Waals surface area contributed by atoms with Crippen LogP contribution in [0.3, 0.4) is 0 Å². The number of ether oxygens (including phenoxy) is 3. The van der Waals surface area contributed by atoms with Crippen molar-refractivity contribution < 1.29 is 19.0 Å². The van der Waals surface area contributed by atoms with E-state index in [9.17, 15) is 4.79 Å². The van der Waals surface area contributed by atoms with Gasteiger partial charge in [-0.1, -0.05) is 18.2 Å². The lowest BCUT2D eigenvalue weighted by Crippen LogP contribution is -2.18. The zero-order chi connectivity index (χ0) is 13.3. The number of benzene rings is 1. The van der Waals surface area contributed by atoms with Crippen LogP contribution in [-0.2, 0) is 14.3 Å². The van der Waals surface area contributed by atoms with Crippen molar-refractivity contribution in [2.24, 2.45) is 0 Å². The summed E-state index contributed by atoms with van der Waals surface area (Å²) in [5.74, 6) is 0.655. The van der Waals surface area contributed by atoms with Crippen molar-refractivity contribution in [3.05, 3.63) is 30.3 Å². The molecule has 0 amide bonds. The molecule has 1 aliphatic heterocycles. The van der Waals surface area contributed by atoms with E-state index in [1.165, 1.54) is 0 Å². The Bertz CT molecular complexity index is 371. The number of esters is 1. The lowest BCUT2D eigenvalue weighted by molar-refractivity contribution is -0.147. The maximum absolute atomic E-state index is 11.5. The molecule has 1 aromatic carbocycles. The molecule has 0 aliphatic carbocycles. The van der Waals surface area contributed by atoms with Crippen LogP contribution in [0.25, 0.3) is 0 Å². The quantitative estimate of drug-likeness (QED) is 0.561. The van der Waals surface area contributed by atoms with Crippen LogP contribution < -0.4 is 4.74 Å². The fourth-order valence-corrected chi connectivity index (χ4v) is 1.96. The highest BCUT2D eigenvalue weighted by molar-refractivity contribution is 5.69. The Labute approximate surface area is 113 Å². The van der Waals surface area contributed by atoms with E-state index in [4.69, 9.17) is 14.2 Å². The van der Waals surface area contributed by atoms with Crippen molar-refractivity contribution in [2.45, 2.75) is 31.8 Å². The minimum atomic E-state index is -0.174. The lowest BCUT2D eigenvalue weighted by atomic mass is 10.2. The monoisotopic (exact) mass is 264 g/mol. The summed E-state index contributed by atoms with van der Waals surface area (Å²) >= 11 is 0. The number of para-hydroxylation sites is 1. The van der Waals surface area contributed by atoms with Gasteiger partial charge in [0.1, 0.15) is 12.4 Å². The molecule has 2 rings (SSSR count). The van der Waals surface area contributed by atoms with Crippen LogP contribution in [-0.4, -0.2) is 31.9 Å². The first-order valence-corrected chi connectivity index (χ1v) is 6.79. The fourth-order valence-electron chi connectivity index (χ4n) is 1.96. The third-order valence-electron chi connectivity index (χ3n) is 2.99. The summed E-state index contributed by atoms with van der Waals surface area (Å²) in [6, 6.07) is 9.58. The van der Waals surface area contributed by atoms with E-state index in [2.05, 4.69) is 0 Å². The van der Waals surface area contributed by atoms with Crippen LogP contribution in [0.15, 0.2) is 30.3 Å². The smallest absolute Gasteiger partial charge is 0.306 e. The van der Waals surface area contributed by atoms with Crippen LogP contribution in [0.1, 0.15) is 25.7 Å². The Kier molecular flexibility index (Phi) is 5.69. The van der Waals surface area contributed by atoms with Gasteiger partial charge in [-0.3, -0.25) is 4.79 Å². The van der Waals surface area contributed by atoms with Gasteiger partial charge in [-0.25, -0.2) is 0 Å². The van der Waals surface area contributed by atoms with Gasteiger partial charge in [0, 0.05) is 13.0 Å². The predicted molar refractivity (Wildman–Crippen MR) is 71.1 cm³/mol. The molecular formula is C15H20O4. The summed E-state index contributed by atoms with van der Waals surface area (Å²) in [4.78, 5) is 11.5. The zero-order valence-electron chi connectivity index (χ0n) is 11.0. The van der Waals surface area contributed by atoms with E-state index in [-0.39, 0.29) is 12.1 Å². The van der Waals surface area contributed by atoms with E-state index >= 15 is 0 Å². The molecule has 0 aromatic heterocycles. The normalized spacial score (nSPS) is 18.2. The van der Waals surface area contributed by atoms with Gasteiger partial charge in [0.05, 0.1) is 12.7 Å². The number of carbonyl (C=O) groups excluding carboxylic acids is 1. The van der Waals surface area contributed by atoms with Crippen LogP contribution in [0, 0.1) is 0 Å². The van der Waals surface area contributed by atoms with E-state index in [1.54, 1.807) is 0 Å². The van der Waals surface area contributed by atoms with Crippen molar-refractivity contribution in [3.8, 4) is 5.75 Å². The van der Waals surface area contributed by atoms with E-state index in [0.717, 1.165) is 25.2 Å². The second-order valence-corrected chi connectivity index (χ2v) is 4.58.